The molecule has 2 heteroatoms. The Kier molecular flexibility index (Phi) is 10.2. The molecule has 0 heterocycles. The van der Waals surface area contributed by atoms with Crippen molar-refractivity contribution in [2.24, 2.45) is 0 Å². The van der Waals surface area contributed by atoms with Gasteiger partial charge in [-0.1, -0.05) is 6.92 Å². The van der Waals surface area contributed by atoms with E-state index in [1.165, 1.54) is 13.0 Å². The fourth-order valence-electron chi connectivity index (χ4n) is 0.447. The van der Waals surface area contributed by atoms with E-state index in [4.69, 9.17) is 0 Å². The molecule has 0 N–H and O–H groups in total. The second kappa shape index (κ2) is 6.73. The van der Waals surface area contributed by atoms with E-state index < -0.39 is 0 Å². The van der Waals surface area contributed by atoms with Crippen LogP contribution in [-0.4, -0.2) is 48.6 Å². The normalized spacial score (nSPS) is 8.57. The topological polar surface area (TPSA) is 3.24 Å². The van der Waals surface area contributed by atoms with Gasteiger partial charge in [-0.3, -0.25) is 0 Å². The summed E-state index contributed by atoms with van der Waals surface area (Å²) < 4.78 is 0. The molecular formula is C5H15MgN. The number of hydrogen-bond acceptors (Lipinski definition) is 1. The zero-order valence-electron chi connectivity index (χ0n) is 7.57. The smallest absolute Gasteiger partial charge is 1.00 e. The summed E-state index contributed by atoms with van der Waals surface area (Å²) in [4.78, 5) is 2.18. The van der Waals surface area contributed by atoms with Gasteiger partial charge in [-0.05, 0) is 27.1 Å². The first-order valence-electron chi connectivity index (χ1n) is 2.42. The van der Waals surface area contributed by atoms with Gasteiger partial charge in [-0.15, -0.1) is 0 Å². The van der Waals surface area contributed by atoms with Crippen LogP contribution in [0.25, 0.3) is 0 Å². The first-order valence-corrected chi connectivity index (χ1v) is 2.42. The monoisotopic (exact) mass is 113 g/mol. The van der Waals surface area contributed by atoms with Crippen molar-refractivity contribution in [3.8, 4) is 0 Å². The first kappa shape index (κ1) is 10.7. The van der Waals surface area contributed by atoms with E-state index in [0.717, 1.165) is 0 Å². The van der Waals surface area contributed by atoms with Crippen LogP contribution in [0.1, 0.15) is 16.2 Å². The van der Waals surface area contributed by atoms with Gasteiger partial charge in [0.1, 0.15) is 0 Å². The quantitative estimate of drug-likeness (QED) is 0.479. The number of hydrogen-bond donors (Lipinski definition) is 0. The molecule has 0 spiro atoms. The molecule has 42 valence electrons. The molecule has 0 aromatic rings. The minimum atomic E-state index is 0. The Morgan fingerprint density at radius 3 is 1.86 bits per heavy atom. The van der Waals surface area contributed by atoms with Crippen LogP contribution >= 0.6 is 0 Å². The van der Waals surface area contributed by atoms with Crippen LogP contribution in [0, 0.1) is 0 Å². The minimum absolute atomic E-state index is 0. The first-order chi connectivity index (χ1) is 2.77. The van der Waals surface area contributed by atoms with Crippen LogP contribution in [-0.2, 0) is 0 Å². The third-order valence-corrected chi connectivity index (χ3v) is 0.671. The standard InChI is InChI=1S/C5H13N.Mg.2H/c1-4-5-6(2)3;;;/h4-5H2,1-3H3;;;/q;+2;2*-1. The van der Waals surface area contributed by atoms with E-state index in [2.05, 4.69) is 25.9 Å². The Morgan fingerprint density at radius 1 is 1.43 bits per heavy atom. The Morgan fingerprint density at radius 2 is 1.86 bits per heavy atom. The van der Waals surface area contributed by atoms with Crippen molar-refractivity contribution in [3.63, 3.8) is 0 Å². The molecule has 0 radical (unpaired) electrons. The van der Waals surface area contributed by atoms with Crippen molar-refractivity contribution in [1.82, 2.24) is 4.90 Å². The van der Waals surface area contributed by atoms with Crippen molar-refractivity contribution in [1.29, 1.82) is 0 Å². The summed E-state index contributed by atoms with van der Waals surface area (Å²) in [5.74, 6) is 0. The molecule has 0 aliphatic rings. The maximum absolute atomic E-state index is 2.18. The molecule has 0 amide bonds. The molecule has 1 nitrogen and oxygen atoms in total. The van der Waals surface area contributed by atoms with E-state index in [1.807, 2.05) is 0 Å². The molecule has 0 rings (SSSR count). The second-order valence-electron chi connectivity index (χ2n) is 1.80. The molecule has 0 saturated heterocycles. The Bertz CT molecular complexity index is 36.1. The molecule has 0 saturated carbocycles. The van der Waals surface area contributed by atoms with Gasteiger partial charge in [0.15, 0.2) is 0 Å². The Labute approximate surface area is 65.2 Å². The Hall–Kier alpha value is 0.726. The molecular weight excluding hydrogens is 98.4 g/mol. The average molecular weight is 113 g/mol. The summed E-state index contributed by atoms with van der Waals surface area (Å²) in [6.07, 6.45) is 1.26. The average Bonchev–Trinajstić information content (AvgIpc) is 1.35. The molecule has 0 aromatic heterocycles. The van der Waals surface area contributed by atoms with Gasteiger partial charge < -0.3 is 7.75 Å². The van der Waals surface area contributed by atoms with Crippen LogP contribution in [0.15, 0.2) is 0 Å². The number of nitrogens with zero attached hydrogens (tertiary/aromatic N) is 1. The molecule has 0 aliphatic heterocycles. The molecule has 0 aliphatic carbocycles. The molecule has 0 aromatic carbocycles. The summed E-state index contributed by atoms with van der Waals surface area (Å²) in [5.41, 5.74) is 0. The van der Waals surface area contributed by atoms with Crippen molar-refractivity contribution in [2.75, 3.05) is 20.6 Å². The molecule has 0 fully saturated rings. The minimum Gasteiger partial charge on any atom is -1.00 e. The zero-order valence-corrected chi connectivity index (χ0v) is 6.98. The predicted octanol–water partition coefficient (Wildman–Crippen LogP) is 0.802. The van der Waals surface area contributed by atoms with E-state index >= 15 is 0 Å². The van der Waals surface area contributed by atoms with Gasteiger partial charge in [0.2, 0.25) is 0 Å². The largest absolute Gasteiger partial charge is 2.00 e. The molecule has 0 unspecified atom stereocenters. The van der Waals surface area contributed by atoms with Gasteiger partial charge in [-0.25, -0.2) is 0 Å². The van der Waals surface area contributed by atoms with Crippen LogP contribution < -0.4 is 0 Å². The summed E-state index contributed by atoms with van der Waals surface area (Å²) in [6, 6.07) is 0. The summed E-state index contributed by atoms with van der Waals surface area (Å²) in [6.45, 7) is 3.39. The fourth-order valence-corrected chi connectivity index (χ4v) is 0.447. The number of rotatable bonds is 2. The van der Waals surface area contributed by atoms with Crippen LogP contribution in [0.3, 0.4) is 0 Å². The van der Waals surface area contributed by atoms with Crippen LogP contribution in [0.4, 0.5) is 0 Å². The summed E-state index contributed by atoms with van der Waals surface area (Å²) in [7, 11) is 4.17. The van der Waals surface area contributed by atoms with Gasteiger partial charge >= 0.3 is 23.1 Å². The molecule has 7 heavy (non-hydrogen) atoms. The maximum atomic E-state index is 2.18. The Balaban J connectivity index is -0.0000000417. The predicted molar refractivity (Wildman–Crippen MR) is 36.8 cm³/mol. The molecule has 0 bridgehead atoms. The van der Waals surface area contributed by atoms with Crippen molar-refractivity contribution >= 4 is 23.1 Å². The third-order valence-electron chi connectivity index (χ3n) is 0.671. The van der Waals surface area contributed by atoms with E-state index in [9.17, 15) is 0 Å². The summed E-state index contributed by atoms with van der Waals surface area (Å²) in [5, 5.41) is 0. The van der Waals surface area contributed by atoms with Crippen molar-refractivity contribution in [3.05, 3.63) is 0 Å². The van der Waals surface area contributed by atoms with Gasteiger partial charge in [-0.2, -0.15) is 0 Å². The van der Waals surface area contributed by atoms with Gasteiger partial charge in [0.05, 0.1) is 0 Å². The van der Waals surface area contributed by atoms with Crippen molar-refractivity contribution in [2.45, 2.75) is 13.3 Å². The zero-order chi connectivity index (χ0) is 4.99. The second-order valence-corrected chi connectivity index (χ2v) is 1.80. The summed E-state index contributed by atoms with van der Waals surface area (Å²) >= 11 is 0. The van der Waals surface area contributed by atoms with Crippen LogP contribution in [0.5, 0.6) is 0 Å². The van der Waals surface area contributed by atoms with Crippen LogP contribution in [0.2, 0.25) is 0 Å². The molecule has 0 atom stereocenters. The third kappa shape index (κ3) is 10.8. The van der Waals surface area contributed by atoms with E-state index in [1.54, 1.807) is 0 Å². The maximum Gasteiger partial charge on any atom is 2.00 e. The van der Waals surface area contributed by atoms with E-state index in [0.29, 0.717) is 0 Å². The SMILES string of the molecule is CCCN(C)C.[H-].[H-].[Mg+2]. The fraction of sp³-hybridized carbons (Fsp3) is 1.00. The van der Waals surface area contributed by atoms with E-state index in [-0.39, 0.29) is 25.9 Å². The van der Waals surface area contributed by atoms with Gasteiger partial charge in [0, 0.05) is 0 Å². The van der Waals surface area contributed by atoms with Gasteiger partial charge in [0.25, 0.3) is 0 Å². The van der Waals surface area contributed by atoms with Crippen molar-refractivity contribution < 1.29 is 2.85 Å².